The number of nitriles is 1. The summed E-state index contributed by atoms with van der Waals surface area (Å²) in [6.45, 7) is 0.397. The normalized spacial score (nSPS) is 14.9. The van der Waals surface area contributed by atoms with Crippen molar-refractivity contribution in [2.45, 2.75) is 29.7 Å². The molecule has 1 aliphatic rings. The third-order valence-electron chi connectivity index (χ3n) is 4.30. The second kappa shape index (κ2) is 7.54. The van der Waals surface area contributed by atoms with Gasteiger partial charge in [-0.1, -0.05) is 36.0 Å². The van der Waals surface area contributed by atoms with Gasteiger partial charge in [0.25, 0.3) is 0 Å². The van der Waals surface area contributed by atoms with Crippen LogP contribution in [0.5, 0.6) is 0 Å². The quantitative estimate of drug-likeness (QED) is 0.623. The second-order valence-electron chi connectivity index (χ2n) is 5.97. The molecule has 0 atom stereocenters. The Bertz CT molecular complexity index is 818. The molecule has 1 fully saturated rings. The topological polar surface area (TPSA) is 52.9 Å². The van der Waals surface area contributed by atoms with Crippen LogP contribution in [0.2, 0.25) is 0 Å². The van der Waals surface area contributed by atoms with Gasteiger partial charge in [-0.3, -0.25) is 4.79 Å². The zero-order valence-electron chi connectivity index (χ0n) is 13.5. The van der Waals surface area contributed by atoms with Crippen LogP contribution >= 0.6 is 11.8 Å². The van der Waals surface area contributed by atoms with Crippen molar-refractivity contribution in [2.24, 2.45) is 0 Å². The van der Waals surface area contributed by atoms with Gasteiger partial charge in [-0.2, -0.15) is 5.26 Å². The summed E-state index contributed by atoms with van der Waals surface area (Å²) in [6.07, 6.45) is 3.11. The zero-order valence-corrected chi connectivity index (χ0v) is 14.4. The predicted octanol–water partition coefficient (Wildman–Crippen LogP) is 4.30. The second-order valence-corrected chi connectivity index (χ2v) is 6.94. The molecule has 126 valence electrons. The predicted molar refractivity (Wildman–Crippen MR) is 96.2 cm³/mol. The maximum atomic E-state index is 12.9. The number of carbonyl (C=O) groups is 1. The molecule has 1 saturated carbocycles. The number of thioether (sulfide) groups is 1. The number of allylic oxidation sites excluding steroid dienone is 1. The van der Waals surface area contributed by atoms with Crippen molar-refractivity contribution in [1.82, 2.24) is 5.32 Å². The van der Waals surface area contributed by atoms with Gasteiger partial charge in [0.2, 0.25) is 5.91 Å². The molecule has 0 bridgehead atoms. The van der Waals surface area contributed by atoms with Gasteiger partial charge >= 0.3 is 0 Å². The number of halogens is 1. The van der Waals surface area contributed by atoms with Crippen molar-refractivity contribution in [3.8, 4) is 6.07 Å². The fourth-order valence-electron chi connectivity index (χ4n) is 2.72. The fourth-order valence-corrected chi connectivity index (χ4v) is 3.30. The molecular formula is C20H17FN2OS. The van der Waals surface area contributed by atoms with Crippen LogP contribution in [-0.4, -0.2) is 5.91 Å². The number of amides is 1. The van der Waals surface area contributed by atoms with Crippen LogP contribution in [-0.2, 0) is 16.8 Å². The molecule has 0 spiro atoms. The number of hydrogen-bond donors (Lipinski definition) is 1. The van der Waals surface area contributed by atoms with Crippen molar-refractivity contribution in [3.63, 3.8) is 0 Å². The van der Waals surface area contributed by atoms with E-state index in [0.29, 0.717) is 6.54 Å². The molecule has 1 amide bonds. The van der Waals surface area contributed by atoms with E-state index in [4.69, 9.17) is 5.26 Å². The SMILES string of the molecule is N#C/C=C/Sc1ccc(C2(C(=O)NCc3ccc(F)cc3)CC2)cc1. The molecule has 0 radical (unpaired) electrons. The number of rotatable bonds is 6. The minimum absolute atomic E-state index is 0.0154. The Morgan fingerprint density at radius 2 is 1.88 bits per heavy atom. The Balaban J connectivity index is 1.63. The van der Waals surface area contributed by atoms with Crippen LogP contribution in [0.3, 0.4) is 0 Å². The van der Waals surface area contributed by atoms with Gasteiger partial charge < -0.3 is 5.32 Å². The van der Waals surface area contributed by atoms with Gasteiger partial charge in [0.15, 0.2) is 0 Å². The Morgan fingerprint density at radius 1 is 1.20 bits per heavy atom. The molecule has 0 unspecified atom stereocenters. The van der Waals surface area contributed by atoms with E-state index in [1.807, 2.05) is 30.3 Å². The van der Waals surface area contributed by atoms with E-state index in [1.54, 1.807) is 17.5 Å². The number of carbonyl (C=O) groups excluding carboxylic acids is 1. The highest BCUT2D eigenvalue weighted by Gasteiger charge is 2.50. The molecule has 0 saturated heterocycles. The first-order valence-electron chi connectivity index (χ1n) is 7.99. The molecule has 5 heteroatoms. The average Bonchev–Trinajstić information content (AvgIpc) is 3.44. The van der Waals surface area contributed by atoms with Crippen LogP contribution in [0.25, 0.3) is 0 Å². The average molecular weight is 352 g/mol. The smallest absolute Gasteiger partial charge is 0.230 e. The summed E-state index contributed by atoms with van der Waals surface area (Å²) in [7, 11) is 0. The number of benzene rings is 2. The molecule has 3 nitrogen and oxygen atoms in total. The van der Waals surface area contributed by atoms with E-state index in [1.165, 1.54) is 30.0 Å². The molecule has 1 N–H and O–H groups in total. The first kappa shape index (κ1) is 17.2. The van der Waals surface area contributed by atoms with Crippen molar-refractivity contribution < 1.29 is 9.18 Å². The molecule has 25 heavy (non-hydrogen) atoms. The van der Waals surface area contributed by atoms with E-state index < -0.39 is 5.41 Å². The van der Waals surface area contributed by atoms with E-state index in [9.17, 15) is 9.18 Å². The van der Waals surface area contributed by atoms with Crippen molar-refractivity contribution >= 4 is 17.7 Å². The highest BCUT2D eigenvalue weighted by molar-refractivity contribution is 8.02. The minimum atomic E-state index is -0.439. The Morgan fingerprint density at radius 3 is 2.48 bits per heavy atom. The minimum Gasteiger partial charge on any atom is -0.351 e. The lowest BCUT2D eigenvalue weighted by atomic mass is 9.95. The van der Waals surface area contributed by atoms with E-state index in [0.717, 1.165) is 28.9 Å². The largest absolute Gasteiger partial charge is 0.351 e. The highest BCUT2D eigenvalue weighted by atomic mass is 32.2. The zero-order chi connectivity index (χ0) is 17.7. The van der Waals surface area contributed by atoms with E-state index in [-0.39, 0.29) is 11.7 Å². The molecule has 1 aliphatic carbocycles. The Hall–Kier alpha value is -2.58. The lowest BCUT2D eigenvalue weighted by Crippen LogP contribution is -2.34. The monoisotopic (exact) mass is 352 g/mol. The van der Waals surface area contributed by atoms with Gasteiger partial charge in [-0.05, 0) is 53.6 Å². The van der Waals surface area contributed by atoms with Gasteiger partial charge in [-0.15, -0.1) is 0 Å². The molecule has 2 aromatic rings. The summed E-state index contributed by atoms with van der Waals surface area (Å²) >= 11 is 1.47. The Labute approximate surface area is 150 Å². The first-order valence-corrected chi connectivity index (χ1v) is 8.87. The first-order chi connectivity index (χ1) is 12.1. The molecule has 3 rings (SSSR count). The van der Waals surface area contributed by atoms with Crippen molar-refractivity contribution in [3.05, 3.63) is 77.0 Å². The van der Waals surface area contributed by atoms with Crippen molar-refractivity contribution in [1.29, 1.82) is 5.26 Å². The third-order valence-corrected chi connectivity index (χ3v) is 5.12. The van der Waals surface area contributed by atoms with Crippen molar-refractivity contribution in [2.75, 3.05) is 0 Å². The summed E-state index contributed by atoms with van der Waals surface area (Å²) in [5, 5.41) is 13.2. The van der Waals surface area contributed by atoms with Crippen LogP contribution < -0.4 is 5.32 Å². The summed E-state index contributed by atoms with van der Waals surface area (Å²) < 4.78 is 12.9. The van der Waals surface area contributed by atoms with Gasteiger partial charge in [-0.25, -0.2) is 4.39 Å². The number of hydrogen-bond acceptors (Lipinski definition) is 3. The van der Waals surface area contributed by atoms with Gasteiger partial charge in [0.1, 0.15) is 5.82 Å². The van der Waals surface area contributed by atoms with E-state index in [2.05, 4.69) is 5.32 Å². The van der Waals surface area contributed by atoms with Gasteiger partial charge in [0, 0.05) is 17.5 Å². The summed E-state index contributed by atoms with van der Waals surface area (Å²) in [4.78, 5) is 13.7. The highest BCUT2D eigenvalue weighted by Crippen LogP contribution is 2.48. The summed E-state index contributed by atoms with van der Waals surface area (Å²) in [5.41, 5.74) is 1.45. The number of nitrogens with zero attached hydrogens (tertiary/aromatic N) is 1. The van der Waals surface area contributed by atoms with E-state index >= 15 is 0 Å². The summed E-state index contributed by atoms with van der Waals surface area (Å²) in [5.74, 6) is -0.266. The molecular weight excluding hydrogens is 335 g/mol. The van der Waals surface area contributed by atoms with Crippen LogP contribution in [0.4, 0.5) is 4.39 Å². The van der Waals surface area contributed by atoms with Crippen LogP contribution in [0.1, 0.15) is 24.0 Å². The lowest BCUT2D eigenvalue weighted by Gasteiger charge is -2.16. The maximum absolute atomic E-state index is 12.9. The molecule has 0 aliphatic heterocycles. The lowest BCUT2D eigenvalue weighted by molar-refractivity contribution is -0.123. The summed E-state index contributed by atoms with van der Waals surface area (Å²) in [6, 6.07) is 16.0. The van der Waals surface area contributed by atoms with Crippen LogP contribution in [0.15, 0.2) is 64.9 Å². The maximum Gasteiger partial charge on any atom is 0.230 e. The molecule has 2 aromatic carbocycles. The molecule has 0 heterocycles. The fraction of sp³-hybridized carbons (Fsp3) is 0.200. The van der Waals surface area contributed by atoms with Crippen LogP contribution in [0, 0.1) is 17.1 Å². The standard InChI is InChI=1S/C20H17FN2OS/c21-17-6-2-15(3-7-17)14-23-19(24)20(10-11-20)16-4-8-18(9-5-16)25-13-1-12-22/h1-9,13H,10-11,14H2,(H,23,24)/b13-1+. The molecule has 0 aromatic heterocycles. The van der Waals surface area contributed by atoms with Gasteiger partial charge in [0.05, 0.1) is 11.5 Å². The Kier molecular flexibility index (Phi) is 5.20. The third kappa shape index (κ3) is 4.09. The number of nitrogens with one attached hydrogen (secondary N) is 1.